The third kappa shape index (κ3) is 4.97. The third-order valence-electron chi connectivity index (χ3n) is 6.94. The van der Waals surface area contributed by atoms with Gasteiger partial charge in [0, 0.05) is 35.4 Å². The van der Waals surface area contributed by atoms with Gasteiger partial charge in [-0.2, -0.15) is 4.81 Å². The summed E-state index contributed by atoms with van der Waals surface area (Å²) in [5.41, 5.74) is 3.00. The second-order valence-corrected chi connectivity index (χ2v) is 12.9. The molecule has 0 saturated heterocycles. The highest BCUT2D eigenvalue weighted by molar-refractivity contribution is 6.48. The largest absolute Gasteiger partial charge is 0.591 e. The van der Waals surface area contributed by atoms with Gasteiger partial charge in [-0.05, 0) is 30.6 Å². The molecule has 1 aromatic heterocycles. The van der Waals surface area contributed by atoms with Crippen LogP contribution in [0.1, 0.15) is 64.9 Å². The first-order valence-electron chi connectivity index (χ1n) is 12.3. The van der Waals surface area contributed by atoms with Crippen LogP contribution in [0.25, 0.3) is 10.9 Å². The number of nitrogens with zero attached hydrogens (tertiary/aromatic N) is 2. The molecule has 1 aliphatic carbocycles. The standard InChI is InChI=1S/C26H38N3O3Si/c1-26(2,3)24-23(15-18-11-7-6-8-12-18)29(31,32-33(4)5)25(30)22(28-24)16-19-17-27-21-14-10-9-13-20(19)21/h9-10,13-14,17-18,23,27,30H,6-8,11-12,15-16H2,1-5H3. The van der Waals surface area contributed by atoms with Crippen molar-refractivity contribution in [1.29, 1.82) is 0 Å². The number of rotatable bonds is 6. The minimum absolute atomic E-state index is 0.278. The molecule has 1 aromatic carbocycles. The van der Waals surface area contributed by atoms with Gasteiger partial charge in [-0.15, -0.1) is 0 Å². The van der Waals surface area contributed by atoms with E-state index in [4.69, 9.17) is 9.52 Å². The lowest BCUT2D eigenvalue weighted by atomic mass is 9.77. The van der Waals surface area contributed by atoms with Crippen molar-refractivity contribution in [3.63, 3.8) is 0 Å². The van der Waals surface area contributed by atoms with E-state index >= 15 is 0 Å². The number of aliphatic imine (C=N–C) groups is 1. The number of quaternary nitrogens is 1. The summed E-state index contributed by atoms with van der Waals surface area (Å²) in [6, 6.07) is 7.55. The first-order chi connectivity index (χ1) is 15.6. The number of hydroxylamine groups is 4. The zero-order valence-corrected chi connectivity index (χ0v) is 21.6. The van der Waals surface area contributed by atoms with Crippen molar-refractivity contribution in [3.8, 4) is 0 Å². The molecule has 2 heterocycles. The quantitative estimate of drug-likeness (QED) is 0.279. The molecule has 2 unspecified atom stereocenters. The highest BCUT2D eigenvalue weighted by Crippen LogP contribution is 2.41. The molecule has 1 aliphatic heterocycles. The monoisotopic (exact) mass is 468 g/mol. The Morgan fingerprint density at radius 3 is 2.55 bits per heavy atom. The Balaban J connectivity index is 1.77. The zero-order valence-electron chi connectivity index (χ0n) is 20.6. The van der Waals surface area contributed by atoms with Gasteiger partial charge in [-0.3, -0.25) is 0 Å². The van der Waals surface area contributed by atoms with Crippen molar-refractivity contribution < 1.29 is 14.4 Å². The van der Waals surface area contributed by atoms with E-state index in [-0.39, 0.29) is 11.3 Å². The maximum Gasteiger partial charge on any atom is 0.344 e. The number of fused-ring (bicyclic) bond motifs is 1. The van der Waals surface area contributed by atoms with E-state index in [0.29, 0.717) is 24.5 Å². The van der Waals surface area contributed by atoms with Gasteiger partial charge in [0.2, 0.25) is 0 Å². The van der Waals surface area contributed by atoms with Crippen molar-refractivity contribution in [1.82, 2.24) is 4.98 Å². The number of H-pyrrole nitrogens is 1. The van der Waals surface area contributed by atoms with Gasteiger partial charge in [-0.25, -0.2) is 9.52 Å². The molecule has 2 N–H and O–H groups in total. The summed E-state index contributed by atoms with van der Waals surface area (Å²) in [4.78, 5) is 7.18. The van der Waals surface area contributed by atoms with Crippen LogP contribution in [0.2, 0.25) is 13.1 Å². The van der Waals surface area contributed by atoms with Gasteiger partial charge in [0.25, 0.3) is 9.04 Å². The van der Waals surface area contributed by atoms with Crippen LogP contribution < -0.4 is 0 Å². The summed E-state index contributed by atoms with van der Waals surface area (Å²) >= 11 is 0. The maximum absolute atomic E-state index is 14.5. The highest BCUT2D eigenvalue weighted by Gasteiger charge is 2.49. The molecule has 0 bridgehead atoms. The Morgan fingerprint density at radius 1 is 1.18 bits per heavy atom. The fourth-order valence-electron chi connectivity index (χ4n) is 5.37. The topological polar surface area (TPSA) is 80.7 Å². The highest BCUT2D eigenvalue weighted by atomic mass is 28.3. The summed E-state index contributed by atoms with van der Waals surface area (Å²) in [7, 11) is -1.38. The average Bonchev–Trinajstić information content (AvgIpc) is 3.16. The fraction of sp³-hybridized carbons (Fsp3) is 0.577. The molecular formula is C26H38N3O3Si. The summed E-state index contributed by atoms with van der Waals surface area (Å²) in [6.07, 6.45) is 9.00. The van der Waals surface area contributed by atoms with Crippen LogP contribution in [0.3, 0.4) is 0 Å². The number of hydrogen-bond acceptors (Lipinski definition) is 4. The van der Waals surface area contributed by atoms with Gasteiger partial charge in [0.15, 0.2) is 6.04 Å². The van der Waals surface area contributed by atoms with Crippen molar-refractivity contribution in [2.75, 3.05) is 0 Å². The van der Waals surface area contributed by atoms with E-state index in [1.165, 1.54) is 19.3 Å². The molecule has 4 rings (SSSR count). The maximum atomic E-state index is 14.5. The number of aromatic nitrogens is 1. The lowest BCUT2D eigenvalue weighted by Gasteiger charge is -2.50. The van der Waals surface area contributed by atoms with Crippen LogP contribution in [-0.4, -0.2) is 35.7 Å². The van der Waals surface area contributed by atoms with Gasteiger partial charge in [0.05, 0.1) is 5.71 Å². The van der Waals surface area contributed by atoms with Crippen LogP contribution in [0.5, 0.6) is 0 Å². The number of benzene rings is 1. The minimum atomic E-state index is -1.38. The fourth-order valence-corrected chi connectivity index (χ4v) is 6.13. The third-order valence-corrected chi connectivity index (χ3v) is 7.57. The molecule has 6 nitrogen and oxygen atoms in total. The molecule has 2 aliphatic rings. The Morgan fingerprint density at radius 2 is 1.88 bits per heavy atom. The van der Waals surface area contributed by atoms with Crippen LogP contribution in [-0.2, 0) is 10.9 Å². The van der Waals surface area contributed by atoms with Gasteiger partial charge >= 0.3 is 5.88 Å². The van der Waals surface area contributed by atoms with Crippen molar-refractivity contribution in [2.45, 2.75) is 84.9 Å². The molecule has 1 radical (unpaired) electrons. The minimum Gasteiger partial charge on any atom is -0.591 e. The number of aliphatic hydroxyl groups is 1. The van der Waals surface area contributed by atoms with E-state index in [0.717, 1.165) is 35.0 Å². The van der Waals surface area contributed by atoms with Crippen molar-refractivity contribution in [3.05, 3.63) is 52.8 Å². The first-order valence-corrected chi connectivity index (χ1v) is 14.7. The van der Waals surface area contributed by atoms with Crippen LogP contribution in [0.4, 0.5) is 0 Å². The van der Waals surface area contributed by atoms with Gasteiger partial charge in [0.1, 0.15) is 5.70 Å². The molecule has 1 fully saturated rings. The van der Waals surface area contributed by atoms with Crippen LogP contribution >= 0.6 is 0 Å². The van der Waals surface area contributed by atoms with E-state index in [1.807, 2.05) is 37.5 Å². The van der Waals surface area contributed by atoms with Crippen LogP contribution in [0, 0.1) is 16.5 Å². The normalized spacial score (nSPS) is 25.2. The molecule has 179 valence electrons. The van der Waals surface area contributed by atoms with Crippen molar-refractivity contribution in [2.24, 2.45) is 16.3 Å². The molecule has 33 heavy (non-hydrogen) atoms. The summed E-state index contributed by atoms with van der Waals surface area (Å²) in [5.74, 6) is 0.194. The van der Waals surface area contributed by atoms with E-state index in [9.17, 15) is 10.3 Å². The van der Waals surface area contributed by atoms with Crippen LogP contribution in [0.15, 0.2) is 47.0 Å². The van der Waals surface area contributed by atoms with E-state index in [1.54, 1.807) is 0 Å². The molecular weight excluding hydrogens is 430 g/mol. The Hall–Kier alpha value is -1.93. The average molecular weight is 469 g/mol. The first kappa shape index (κ1) is 24.2. The second kappa shape index (κ2) is 9.37. The number of nitrogens with one attached hydrogen (secondary N) is 1. The van der Waals surface area contributed by atoms with E-state index in [2.05, 4.69) is 31.8 Å². The molecule has 7 heteroatoms. The molecule has 1 saturated carbocycles. The molecule has 2 aromatic rings. The Bertz CT molecular complexity index is 1050. The Kier molecular flexibility index (Phi) is 6.87. The number of para-hydroxylation sites is 1. The number of hydrogen-bond donors (Lipinski definition) is 2. The second-order valence-electron chi connectivity index (χ2n) is 10.9. The molecule has 2 atom stereocenters. The smallest absolute Gasteiger partial charge is 0.344 e. The van der Waals surface area contributed by atoms with Crippen molar-refractivity contribution >= 4 is 25.7 Å². The molecule has 0 amide bonds. The number of aromatic amines is 1. The zero-order chi connectivity index (χ0) is 23.8. The number of aliphatic hydroxyl groups excluding tert-OH is 1. The van der Waals surface area contributed by atoms with Gasteiger partial charge in [-0.1, -0.05) is 71.1 Å². The lowest BCUT2D eigenvalue weighted by molar-refractivity contribution is -1.04. The predicted molar refractivity (Wildman–Crippen MR) is 136 cm³/mol. The summed E-state index contributed by atoms with van der Waals surface area (Å²) in [5, 5.41) is 27.0. The summed E-state index contributed by atoms with van der Waals surface area (Å²) < 4.78 is 6.09. The predicted octanol–water partition coefficient (Wildman–Crippen LogP) is 6.77. The SMILES string of the molecule is C[Si](C)O[N+]1([O-])C(O)=C(Cc2c[nH]c3ccccc23)N=C(C(C)(C)C)C1CC1CCCCC1. The Labute approximate surface area is 199 Å². The number of allylic oxidation sites excluding steroid dienone is 1. The lowest BCUT2D eigenvalue weighted by Crippen LogP contribution is -2.60. The van der Waals surface area contributed by atoms with Gasteiger partial charge < -0.3 is 15.3 Å². The van der Waals surface area contributed by atoms with E-state index < -0.39 is 19.9 Å². The molecule has 0 spiro atoms. The summed E-state index contributed by atoms with van der Waals surface area (Å²) in [6.45, 7) is 10.2.